The molecule has 0 unspecified atom stereocenters. The molecule has 0 aliphatic carbocycles. The summed E-state index contributed by atoms with van der Waals surface area (Å²) in [5.41, 5.74) is 2.48. The number of hydrogen-bond acceptors (Lipinski definition) is 6. The fourth-order valence-corrected chi connectivity index (χ4v) is 3.42. The van der Waals surface area contributed by atoms with Crippen LogP contribution in [0.2, 0.25) is 0 Å². The highest BCUT2D eigenvalue weighted by Crippen LogP contribution is 2.22. The summed E-state index contributed by atoms with van der Waals surface area (Å²) in [6.45, 7) is 2.26. The average molecular weight is 398 g/mol. The van der Waals surface area contributed by atoms with Crippen LogP contribution >= 0.6 is 0 Å². The average Bonchev–Trinajstić information content (AvgIpc) is 2.68. The summed E-state index contributed by atoms with van der Waals surface area (Å²) in [5.74, 6) is 0.196. The maximum absolute atomic E-state index is 12.3. The van der Waals surface area contributed by atoms with E-state index >= 15 is 0 Å². The first-order chi connectivity index (χ1) is 13.3. The minimum Gasteiger partial charge on any atom is -0.381 e. The maximum atomic E-state index is 12.3. The summed E-state index contributed by atoms with van der Waals surface area (Å²) < 4.78 is 29.8. The van der Waals surface area contributed by atoms with E-state index < -0.39 is 15.0 Å². The summed E-state index contributed by atoms with van der Waals surface area (Å²) in [7, 11) is -3.90. The second-order valence-electron chi connectivity index (χ2n) is 6.16. The SMILES string of the molecule is Cc1ccc(S(=O)(=O)Oc2ccc(NCc3cccc([N+](=O)[O-])c3)cc2)cc1. The van der Waals surface area contributed by atoms with Crippen molar-refractivity contribution in [3.8, 4) is 5.75 Å². The first kappa shape index (κ1) is 19.4. The van der Waals surface area contributed by atoms with E-state index in [0.717, 1.165) is 16.8 Å². The van der Waals surface area contributed by atoms with Crippen LogP contribution in [0.15, 0.2) is 77.7 Å². The smallest absolute Gasteiger partial charge is 0.339 e. The second kappa shape index (κ2) is 8.10. The Kier molecular flexibility index (Phi) is 5.60. The number of nitrogens with zero attached hydrogens (tertiary/aromatic N) is 1. The van der Waals surface area contributed by atoms with Gasteiger partial charge in [-0.05, 0) is 48.9 Å². The van der Waals surface area contributed by atoms with Crippen molar-refractivity contribution >= 4 is 21.5 Å². The lowest BCUT2D eigenvalue weighted by Crippen LogP contribution is -2.09. The zero-order valence-electron chi connectivity index (χ0n) is 15.0. The number of aryl methyl sites for hydroxylation is 1. The van der Waals surface area contributed by atoms with E-state index in [1.54, 1.807) is 48.5 Å². The van der Waals surface area contributed by atoms with Gasteiger partial charge in [-0.1, -0.05) is 29.8 Å². The molecule has 1 N–H and O–H groups in total. The molecule has 3 aromatic rings. The number of nitrogens with one attached hydrogen (secondary N) is 1. The normalized spacial score (nSPS) is 11.0. The van der Waals surface area contributed by atoms with Crippen LogP contribution < -0.4 is 9.50 Å². The van der Waals surface area contributed by atoms with Gasteiger partial charge >= 0.3 is 10.1 Å². The molecule has 0 spiro atoms. The molecule has 0 radical (unpaired) electrons. The largest absolute Gasteiger partial charge is 0.381 e. The van der Waals surface area contributed by atoms with E-state index in [1.807, 2.05) is 6.92 Å². The first-order valence-corrected chi connectivity index (χ1v) is 9.83. The van der Waals surface area contributed by atoms with Crippen molar-refractivity contribution in [2.24, 2.45) is 0 Å². The molecule has 144 valence electrons. The van der Waals surface area contributed by atoms with E-state index in [1.165, 1.54) is 24.3 Å². The van der Waals surface area contributed by atoms with Crippen molar-refractivity contribution in [2.45, 2.75) is 18.4 Å². The number of benzene rings is 3. The third-order valence-corrected chi connectivity index (χ3v) is 5.25. The van der Waals surface area contributed by atoms with Gasteiger partial charge in [0.05, 0.1) is 4.92 Å². The van der Waals surface area contributed by atoms with Crippen LogP contribution in [0.5, 0.6) is 5.75 Å². The Morgan fingerprint density at radius 1 is 1.00 bits per heavy atom. The Bertz CT molecular complexity index is 1080. The molecule has 0 fully saturated rings. The number of rotatable bonds is 7. The fraction of sp³-hybridized carbons (Fsp3) is 0.100. The molecule has 0 bridgehead atoms. The van der Waals surface area contributed by atoms with Crippen molar-refractivity contribution in [1.82, 2.24) is 0 Å². The standard InChI is InChI=1S/C20H18N2O5S/c1-15-5-11-20(12-6-15)28(25,26)27-19-9-7-17(8-10-19)21-14-16-3-2-4-18(13-16)22(23)24/h2-13,21H,14H2,1H3. The second-order valence-corrected chi connectivity index (χ2v) is 7.70. The molecule has 0 aromatic heterocycles. The molecular weight excluding hydrogens is 380 g/mol. The van der Waals surface area contributed by atoms with Gasteiger partial charge in [-0.2, -0.15) is 8.42 Å². The zero-order valence-corrected chi connectivity index (χ0v) is 15.8. The van der Waals surface area contributed by atoms with Crippen molar-refractivity contribution in [2.75, 3.05) is 5.32 Å². The van der Waals surface area contributed by atoms with E-state index in [4.69, 9.17) is 4.18 Å². The number of anilines is 1. The Labute approximate surface area is 162 Å². The van der Waals surface area contributed by atoms with Crippen LogP contribution in [0, 0.1) is 17.0 Å². The predicted octanol–water partition coefficient (Wildman–Crippen LogP) is 4.28. The van der Waals surface area contributed by atoms with Gasteiger partial charge < -0.3 is 9.50 Å². The fourth-order valence-electron chi connectivity index (χ4n) is 2.49. The molecule has 28 heavy (non-hydrogen) atoms. The van der Waals surface area contributed by atoms with Gasteiger partial charge in [0.25, 0.3) is 5.69 Å². The quantitative estimate of drug-likeness (QED) is 0.362. The Morgan fingerprint density at radius 3 is 2.32 bits per heavy atom. The molecule has 0 aliphatic heterocycles. The van der Waals surface area contributed by atoms with Crippen molar-refractivity contribution in [3.05, 3.63) is 94.0 Å². The lowest BCUT2D eigenvalue weighted by molar-refractivity contribution is -0.384. The molecule has 3 rings (SSSR count). The van der Waals surface area contributed by atoms with Crippen LogP contribution in [0.1, 0.15) is 11.1 Å². The minimum atomic E-state index is -3.90. The number of nitro benzene ring substituents is 1. The van der Waals surface area contributed by atoms with Crippen molar-refractivity contribution < 1.29 is 17.5 Å². The molecular formula is C20H18N2O5S. The summed E-state index contributed by atoms with van der Waals surface area (Å²) in [4.78, 5) is 10.5. The molecule has 0 aliphatic rings. The van der Waals surface area contributed by atoms with Crippen LogP contribution in [-0.2, 0) is 16.7 Å². The molecule has 0 saturated carbocycles. The third kappa shape index (κ3) is 4.86. The highest BCUT2D eigenvalue weighted by molar-refractivity contribution is 7.87. The number of non-ortho nitro benzene ring substituents is 1. The van der Waals surface area contributed by atoms with Crippen LogP contribution in [0.3, 0.4) is 0 Å². The highest BCUT2D eigenvalue weighted by Gasteiger charge is 2.16. The van der Waals surface area contributed by atoms with Gasteiger partial charge in [0.15, 0.2) is 0 Å². The molecule has 0 heterocycles. The Hall–Kier alpha value is -3.39. The Morgan fingerprint density at radius 2 is 1.68 bits per heavy atom. The highest BCUT2D eigenvalue weighted by atomic mass is 32.2. The molecule has 3 aromatic carbocycles. The van der Waals surface area contributed by atoms with Gasteiger partial charge in [0.2, 0.25) is 0 Å². The molecule has 7 nitrogen and oxygen atoms in total. The van der Waals surface area contributed by atoms with E-state index in [0.29, 0.717) is 6.54 Å². The van der Waals surface area contributed by atoms with Gasteiger partial charge in [-0.25, -0.2) is 0 Å². The molecule has 0 saturated heterocycles. The van der Waals surface area contributed by atoms with E-state index in [-0.39, 0.29) is 16.3 Å². The number of hydrogen-bond donors (Lipinski definition) is 1. The van der Waals surface area contributed by atoms with Crippen LogP contribution in [-0.4, -0.2) is 13.3 Å². The van der Waals surface area contributed by atoms with Gasteiger partial charge in [-0.3, -0.25) is 10.1 Å². The third-order valence-electron chi connectivity index (χ3n) is 3.99. The topological polar surface area (TPSA) is 98.5 Å². The summed E-state index contributed by atoms with van der Waals surface area (Å²) in [6, 6.07) is 19.2. The Balaban J connectivity index is 1.64. The van der Waals surface area contributed by atoms with Crippen molar-refractivity contribution in [3.63, 3.8) is 0 Å². The lowest BCUT2D eigenvalue weighted by atomic mass is 10.2. The van der Waals surface area contributed by atoms with Gasteiger partial charge in [0.1, 0.15) is 10.6 Å². The lowest BCUT2D eigenvalue weighted by Gasteiger charge is -2.09. The molecule has 0 amide bonds. The first-order valence-electron chi connectivity index (χ1n) is 8.42. The summed E-state index contributed by atoms with van der Waals surface area (Å²) in [6.07, 6.45) is 0. The van der Waals surface area contributed by atoms with Gasteiger partial charge in [0, 0.05) is 24.4 Å². The molecule has 0 atom stereocenters. The van der Waals surface area contributed by atoms with Crippen LogP contribution in [0.4, 0.5) is 11.4 Å². The summed E-state index contributed by atoms with van der Waals surface area (Å²) >= 11 is 0. The number of nitro groups is 1. The summed E-state index contributed by atoms with van der Waals surface area (Å²) in [5, 5.41) is 13.9. The minimum absolute atomic E-state index is 0.0318. The van der Waals surface area contributed by atoms with Crippen LogP contribution in [0.25, 0.3) is 0 Å². The van der Waals surface area contributed by atoms with Gasteiger partial charge in [-0.15, -0.1) is 0 Å². The predicted molar refractivity (Wildman–Crippen MR) is 106 cm³/mol. The molecule has 8 heteroatoms. The van der Waals surface area contributed by atoms with E-state index in [9.17, 15) is 18.5 Å². The maximum Gasteiger partial charge on any atom is 0.339 e. The van der Waals surface area contributed by atoms with E-state index in [2.05, 4.69) is 5.32 Å². The van der Waals surface area contributed by atoms with Crippen molar-refractivity contribution in [1.29, 1.82) is 0 Å². The zero-order chi connectivity index (χ0) is 20.1. The monoisotopic (exact) mass is 398 g/mol.